The van der Waals surface area contributed by atoms with Crippen molar-refractivity contribution in [3.05, 3.63) is 17.5 Å². The summed E-state index contributed by atoms with van der Waals surface area (Å²) in [4.78, 5) is 17.2. The molecule has 2 atom stereocenters. The summed E-state index contributed by atoms with van der Waals surface area (Å²) in [6.45, 7) is 6.50. The Morgan fingerprint density at radius 1 is 1.39 bits per heavy atom. The minimum Gasteiger partial charge on any atom is -0.377 e. The van der Waals surface area contributed by atoms with E-state index >= 15 is 0 Å². The predicted octanol–water partition coefficient (Wildman–Crippen LogP) is 1.84. The maximum absolute atomic E-state index is 12.7. The van der Waals surface area contributed by atoms with E-state index in [1.807, 2.05) is 11.8 Å². The number of carbonyl (C=O) groups excluding carboxylic acids is 1. The van der Waals surface area contributed by atoms with Gasteiger partial charge in [-0.25, -0.2) is 0 Å². The second-order valence-electron chi connectivity index (χ2n) is 7.21. The Kier molecular flexibility index (Phi) is 3.89. The molecule has 1 amide bonds. The van der Waals surface area contributed by atoms with E-state index in [2.05, 4.69) is 10.1 Å². The fraction of sp³-hybridized carbons (Fsp3) is 0.765. The van der Waals surface area contributed by atoms with Gasteiger partial charge in [0.05, 0.1) is 6.10 Å². The summed E-state index contributed by atoms with van der Waals surface area (Å²) in [6, 6.07) is 1.73. The van der Waals surface area contributed by atoms with Gasteiger partial charge in [-0.05, 0) is 39.0 Å². The average molecular weight is 319 g/mol. The third-order valence-electron chi connectivity index (χ3n) is 5.66. The van der Waals surface area contributed by atoms with Crippen LogP contribution in [0.4, 0.5) is 0 Å². The molecule has 4 heterocycles. The van der Waals surface area contributed by atoms with Gasteiger partial charge in [0.25, 0.3) is 5.91 Å². The largest absolute Gasteiger partial charge is 0.377 e. The summed E-state index contributed by atoms with van der Waals surface area (Å²) in [6.07, 6.45) is 6.17. The van der Waals surface area contributed by atoms with Gasteiger partial charge in [0.15, 0.2) is 5.69 Å². The Bertz CT molecular complexity index is 581. The monoisotopic (exact) mass is 319 g/mol. The van der Waals surface area contributed by atoms with E-state index in [-0.39, 0.29) is 11.4 Å². The zero-order valence-electron chi connectivity index (χ0n) is 13.8. The molecule has 3 aliphatic heterocycles. The average Bonchev–Trinajstić information content (AvgIpc) is 3.22. The summed E-state index contributed by atoms with van der Waals surface area (Å²) < 4.78 is 10.8. The zero-order valence-corrected chi connectivity index (χ0v) is 13.8. The highest BCUT2D eigenvalue weighted by atomic mass is 16.5. The summed E-state index contributed by atoms with van der Waals surface area (Å²) in [7, 11) is 0. The highest BCUT2D eigenvalue weighted by Crippen LogP contribution is 2.39. The summed E-state index contributed by atoms with van der Waals surface area (Å²) in [5.41, 5.74) is 0.600. The van der Waals surface area contributed by atoms with Crippen LogP contribution in [0, 0.1) is 6.92 Å². The first kappa shape index (κ1) is 15.1. The van der Waals surface area contributed by atoms with Gasteiger partial charge in [0.1, 0.15) is 5.76 Å². The smallest absolute Gasteiger partial charge is 0.276 e. The molecule has 0 radical (unpaired) electrons. The number of aromatic nitrogens is 1. The van der Waals surface area contributed by atoms with E-state index in [9.17, 15) is 4.79 Å². The SMILES string of the molecule is Cc1cc(C(=O)N2CCC[C@]3(CCN3C[C@H]3CCCO3)C2)no1. The molecule has 23 heavy (non-hydrogen) atoms. The number of rotatable bonds is 3. The standard InChI is InChI=1S/C17H25N3O3/c1-13-10-15(18-23-13)16(21)19-7-3-5-17(12-19)6-8-20(17)11-14-4-2-9-22-14/h10,14H,2-9,11-12H2,1H3/t14-,17+/m1/s1. The Hall–Kier alpha value is -1.40. The molecule has 0 saturated carbocycles. The highest BCUT2D eigenvalue weighted by molar-refractivity contribution is 5.92. The quantitative estimate of drug-likeness (QED) is 0.851. The lowest BCUT2D eigenvalue weighted by Gasteiger charge is -2.57. The number of aryl methyl sites for hydroxylation is 1. The molecule has 4 rings (SSSR count). The molecule has 1 spiro atoms. The van der Waals surface area contributed by atoms with Crippen LogP contribution in [-0.4, -0.2) is 65.3 Å². The fourth-order valence-electron chi connectivity index (χ4n) is 4.28. The second-order valence-corrected chi connectivity index (χ2v) is 7.21. The number of amides is 1. The molecule has 0 N–H and O–H groups in total. The van der Waals surface area contributed by atoms with Crippen LogP contribution < -0.4 is 0 Å². The molecular weight excluding hydrogens is 294 g/mol. The van der Waals surface area contributed by atoms with E-state index in [0.29, 0.717) is 17.6 Å². The van der Waals surface area contributed by atoms with Gasteiger partial charge < -0.3 is 14.2 Å². The Morgan fingerprint density at radius 2 is 2.30 bits per heavy atom. The van der Waals surface area contributed by atoms with Crippen molar-refractivity contribution < 1.29 is 14.1 Å². The third kappa shape index (κ3) is 2.78. The molecule has 6 heteroatoms. The van der Waals surface area contributed by atoms with Crippen molar-refractivity contribution in [3.8, 4) is 0 Å². The predicted molar refractivity (Wildman–Crippen MR) is 84.3 cm³/mol. The van der Waals surface area contributed by atoms with Crippen molar-refractivity contribution in [1.29, 1.82) is 0 Å². The van der Waals surface area contributed by atoms with Gasteiger partial charge >= 0.3 is 0 Å². The van der Waals surface area contributed by atoms with Gasteiger partial charge in [0, 0.05) is 44.4 Å². The van der Waals surface area contributed by atoms with Crippen LogP contribution in [-0.2, 0) is 4.74 Å². The van der Waals surface area contributed by atoms with Crippen LogP contribution >= 0.6 is 0 Å². The molecule has 1 aromatic rings. The lowest BCUT2D eigenvalue weighted by atomic mass is 9.77. The second kappa shape index (κ2) is 5.91. The van der Waals surface area contributed by atoms with E-state index in [1.54, 1.807) is 6.07 Å². The van der Waals surface area contributed by atoms with Crippen LogP contribution in [0.5, 0.6) is 0 Å². The Balaban J connectivity index is 1.43. The number of likely N-dealkylation sites (tertiary alicyclic amines) is 2. The number of nitrogens with zero attached hydrogens (tertiary/aromatic N) is 3. The Morgan fingerprint density at radius 3 is 2.96 bits per heavy atom. The lowest BCUT2D eigenvalue weighted by molar-refractivity contribution is -0.0807. The number of hydrogen-bond acceptors (Lipinski definition) is 5. The van der Waals surface area contributed by atoms with Crippen LogP contribution in [0.1, 0.15) is 48.4 Å². The van der Waals surface area contributed by atoms with Crippen molar-refractivity contribution in [3.63, 3.8) is 0 Å². The van der Waals surface area contributed by atoms with E-state index in [0.717, 1.165) is 39.2 Å². The zero-order chi connectivity index (χ0) is 15.9. The van der Waals surface area contributed by atoms with Gasteiger partial charge in [0.2, 0.25) is 0 Å². The molecule has 0 aliphatic carbocycles. The molecule has 0 unspecified atom stereocenters. The molecule has 3 fully saturated rings. The summed E-state index contributed by atoms with van der Waals surface area (Å²) >= 11 is 0. The number of piperidine rings is 1. The van der Waals surface area contributed by atoms with Crippen molar-refractivity contribution in [2.24, 2.45) is 0 Å². The molecule has 6 nitrogen and oxygen atoms in total. The van der Waals surface area contributed by atoms with Crippen LogP contribution in [0.15, 0.2) is 10.6 Å². The van der Waals surface area contributed by atoms with Crippen LogP contribution in [0.2, 0.25) is 0 Å². The highest BCUT2D eigenvalue weighted by Gasteiger charge is 2.48. The molecule has 0 bridgehead atoms. The van der Waals surface area contributed by atoms with E-state index < -0.39 is 0 Å². The molecular formula is C17H25N3O3. The van der Waals surface area contributed by atoms with Gasteiger partial charge in [-0.2, -0.15) is 0 Å². The van der Waals surface area contributed by atoms with E-state index in [1.165, 1.54) is 25.7 Å². The Labute approximate surface area is 136 Å². The number of ether oxygens (including phenoxy) is 1. The maximum atomic E-state index is 12.7. The molecule has 1 aromatic heterocycles. The third-order valence-corrected chi connectivity index (χ3v) is 5.66. The number of carbonyl (C=O) groups is 1. The van der Waals surface area contributed by atoms with Gasteiger partial charge in [-0.15, -0.1) is 0 Å². The summed E-state index contributed by atoms with van der Waals surface area (Å²) in [5.74, 6) is 0.689. The van der Waals surface area contributed by atoms with Crippen molar-refractivity contribution in [2.45, 2.75) is 50.7 Å². The topological polar surface area (TPSA) is 58.8 Å². The summed E-state index contributed by atoms with van der Waals surface area (Å²) in [5, 5.41) is 3.88. The molecule has 3 aliphatic rings. The van der Waals surface area contributed by atoms with Gasteiger partial charge in [-0.1, -0.05) is 5.16 Å². The van der Waals surface area contributed by atoms with Crippen molar-refractivity contribution in [1.82, 2.24) is 15.0 Å². The van der Waals surface area contributed by atoms with Crippen LogP contribution in [0.3, 0.4) is 0 Å². The first-order chi connectivity index (χ1) is 11.2. The minimum absolute atomic E-state index is 0.00453. The number of hydrogen-bond donors (Lipinski definition) is 0. The normalized spacial score (nSPS) is 31.5. The molecule has 126 valence electrons. The van der Waals surface area contributed by atoms with Crippen molar-refractivity contribution in [2.75, 3.05) is 32.8 Å². The first-order valence-electron chi connectivity index (χ1n) is 8.76. The molecule has 0 aromatic carbocycles. The first-order valence-corrected chi connectivity index (χ1v) is 8.76. The van der Waals surface area contributed by atoms with Crippen LogP contribution in [0.25, 0.3) is 0 Å². The van der Waals surface area contributed by atoms with E-state index in [4.69, 9.17) is 9.26 Å². The van der Waals surface area contributed by atoms with Crippen molar-refractivity contribution >= 4 is 5.91 Å². The molecule has 3 saturated heterocycles. The minimum atomic E-state index is 0.00453. The maximum Gasteiger partial charge on any atom is 0.276 e. The van der Waals surface area contributed by atoms with Gasteiger partial charge in [-0.3, -0.25) is 9.69 Å². The lowest BCUT2D eigenvalue weighted by Crippen LogP contribution is -2.68. The fourth-order valence-corrected chi connectivity index (χ4v) is 4.28.